The van der Waals surface area contributed by atoms with E-state index < -0.39 is 0 Å². The van der Waals surface area contributed by atoms with Gasteiger partial charge in [-0.25, -0.2) is 0 Å². The molecule has 0 spiro atoms. The molecule has 0 amide bonds. The van der Waals surface area contributed by atoms with Crippen LogP contribution < -0.4 is 10.1 Å². The van der Waals surface area contributed by atoms with Crippen molar-refractivity contribution in [3.05, 3.63) is 33.9 Å². The monoisotopic (exact) mass is 222 g/mol. The van der Waals surface area contributed by atoms with Gasteiger partial charge in [-0.05, 0) is 19.9 Å². The molecule has 0 unspecified atom stereocenters. The highest BCUT2D eigenvalue weighted by atomic mass is 16.6. The van der Waals surface area contributed by atoms with Gasteiger partial charge in [-0.1, -0.05) is 12.1 Å². The largest absolute Gasteiger partial charge is 0.478 e. The molecular weight excluding hydrogens is 208 g/mol. The highest BCUT2D eigenvalue weighted by molar-refractivity contribution is 5.52. The van der Waals surface area contributed by atoms with Gasteiger partial charge in [0, 0.05) is 18.7 Å². The Balaban J connectivity index is 2.32. The van der Waals surface area contributed by atoms with Crippen LogP contribution in [-0.4, -0.2) is 23.6 Å². The van der Waals surface area contributed by atoms with Crippen LogP contribution in [0.4, 0.5) is 5.69 Å². The summed E-state index contributed by atoms with van der Waals surface area (Å²) in [6, 6.07) is 5.13. The lowest BCUT2D eigenvalue weighted by Gasteiger charge is -2.39. The first kappa shape index (κ1) is 10.9. The van der Waals surface area contributed by atoms with Crippen LogP contribution in [0.15, 0.2) is 18.2 Å². The fraction of sp³-hybridized carbons (Fsp3) is 0.455. The fourth-order valence-electron chi connectivity index (χ4n) is 1.76. The molecule has 1 heterocycles. The standard InChI is InChI=1S/C11H14N2O3/c1-8-4-3-5-9(10(8)13(14)15)16-11(2)6-12-7-11/h3-5,12H,6-7H2,1-2H3. The molecule has 1 aliphatic heterocycles. The van der Waals surface area contributed by atoms with E-state index in [1.54, 1.807) is 25.1 Å². The molecule has 0 aromatic heterocycles. The molecule has 16 heavy (non-hydrogen) atoms. The molecule has 5 heteroatoms. The van der Waals surface area contributed by atoms with Crippen molar-refractivity contribution in [2.45, 2.75) is 19.4 Å². The van der Waals surface area contributed by atoms with Gasteiger partial charge in [0.1, 0.15) is 5.60 Å². The molecule has 1 fully saturated rings. The van der Waals surface area contributed by atoms with E-state index in [9.17, 15) is 10.1 Å². The van der Waals surface area contributed by atoms with Crippen LogP contribution in [0.25, 0.3) is 0 Å². The Hall–Kier alpha value is -1.62. The molecule has 0 aliphatic carbocycles. The van der Waals surface area contributed by atoms with Gasteiger partial charge in [0.05, 0.1) is 4.92 Å². The predicted octanol–water partition coefficient (Wildman–Crippen LogP) is 1.64. The van der Waals surface area contributed by atoms with Crippen molar-refractivity contribution < 1.29 is 9.66 Å². The molecule has 0 radical (unpaired) electrons. The van der Waals surface area contributed by atoms with Crippen molar-refractivity contribution in [2.75, 3.05) is 13.1 Å². The number of nitro benzene ring substituents is 1. The van der Waals surface area contributed by atoms with E-state index >= 15 is 0 Å². The zero-order valence-electron chi connectivity index (χ0n) is 9.32. The number of para-hydroxylation sites is 1. The van der Waals surface area contributed by atoms with E-state index in [1.807, 2.05) is 6.92 Å². The molecule has 1 aromatic carbocycles. The van der Waals surface area contributed by atoms with Crippen LogP contribution in [0.5, 0.6) is 5.75 Å². The normalized spacial score (nSPS) is 17.6. The van der Waals surface area contributed by atoms with Gasteiger partial charge in [-0.3, -0.25) is 10.1 Å². The number of nitrogens with one attached hydrogen (secondary N) is 1. The van der Waals surface area contributed by atoms with Crippen LogP contribution in [0.1, 0.15) is 12.5 Å². The van der Waals surface area contributed by atoms with Gasteiger partial charge < -0.3 is 10.1 Å². The lowest BCUT2D eigenvalue weighted by molar-refractivity contribution is -0.386. The SMILES string of the molecule is Cc1cccc(OC2(C)CNC2)c1[N+](=O)[O-]. The van der Waals surface area contributed by atoms with Crippen molar-refractivity contribution in [2.24, 2.45) is 0 Å². The third-order valence-electron chi connectivity index (χ3n) is 2.74. The average molecular weight is 222 g/mol. The maximum absolute atomic E-state index is 10.9. The van der Waals surface area contributed by atoms with E-state index in [-0.39, 0.29) is 16.2 Å². The zero-order valence-corrected chi connectivity index (χ0v) is 9.32. The molecule has 1 N–H and O–H groups in total. The smallest absolute Gasteiger partial charge is 0.313 e. The van der Waals surface area contributed by atoms with E-state index in [0.29, 0.717) is 11.3 Å². The second-order valence-corrected chi connectivity index (χ2v) is 4.33. The van der Waals surface area contributed by atoms with Crippen molar-refractivity contribution in [1.82, 2.24) is 5.32 Å². The number of aryl methyl sites for hydroxylation is 1. The van der Waals surface area contributed by atoms with E-state index in [0.717, 1.165) is 13.1 Å². The Morgan fingerprint density at radius 1 is 1.50 bits per heavy atom. The van der Waals surface area contributed by atoms with Crippen molar-refractivity contribution in [3.63, 3.8) is 0 Å². The van der Waals surface area contributed by atoms with Crippen LogP contribution >= 0.6 is 0 Å². The van der Waals surface area contributed by atoms with Gasteiger partial charge in [0.15, 0.2) is 5.75 Å². The van der Waals surface area contributed by atoms with Gasteiger partial charge in [0.2, 0.25) is 0 Å². The lowest BCUT2D eigenvalue weighted by Crippen LogP contribution is -2.61. The third kappa shape index (κ3) is 1.86. The topological polar surface area (TPSA) is 64.4 Å². The zero-order chi connectivity index (χ0) is 11.8. The van der Waals surface area contributed by atoms with Crippen molar-refractivity contribution >= 4 is 5.69 Å². The molecular formula is C11H14N2O3. The maximum atomic E-state index is 10.9. The Morgan fingerprint density at radius 3 is 2.69 bits per heavy atom. The summed E-state index contributed by atoms with van der Waals surface area (Å²) in [6.45, 7) is 5.10. The van der Waals surface area contributed by atoms with Crippen molar-refractivity contribution in [1.29, 1.82) is 0 Å². The average Bonchev–Trinajstić information content (AvgIpc) is 2.14. The number of rotatable bonds is 3. The minimum Gasteiger partial charge on any atom is -0.478 e. The summed E-state index contributed by atoms with van der Waals surface area (Å²) >= 11 is 0. The molecule has 5 nitrogen and oxygen atoms in total. The maximum Gasteiger partial charge on any atom is 0.313 e. The van der Waals surface area contributed by atoms with E-state index in [2.05, 4.69) is 5.32 Å². The highest BCUT2D eigenvalue weighted by Crippen LogP contribution is 2.33. The number of nitrogens with zero attached hydrogens (tertiary/aromatic N) is 1. The summed E-state index contributed by atoms with van der Waals surface area (Å²) in [6.07, 6.45) is 0. The summed E-state index contributed by atoms with van der Waals surface area (Å²) in [5, 5.41) is 14.0. The van der Waals surface area contributed by atoms with E-state index in [4.69, 9.17) is 4.74 Å². The quantitative estimate of drug-likeness (QED) is 0.623. The molecule has 1 saturated heterocycles. The summed E-state index contributed by atoms with van der Waals surface area (Å²) in [5.41, 5.74) is 0.368. The van der Waals surface area contributed by atoms with Crippen molar-refractivity contribution in [3.8, 4) is 5.75 Å². The number of hydrogen-bond donors (Lipinski definition) is 1. The van der Waals surface area contributed by atoms with Gasteiger partial charge in [-0.2, -0.15) is 0 Å². The Kier molecular flexibility index (Phi) is 2.55. The lowest BCUT2D eigenvalue weighted by atomic mass is 10.00. The fourth-order valence-corrected chi connectivity index (χ4v) is 1.76. The van der Waals surface area contributed by atoms with Crippen LogP contribution in [0.2, 0.25) is 0 Å². The Labute approximate surface area is 93.6 Å². The summed E-state index contributed by atoms with van der Waals surface area (Å²) in [5.74, 6) is 0.356. The molecule has 86 valence electrons. The molecule has 1 aliphatic rings. The van der Waals surface area contributed by atoms with E-state index in [1.165, 1.54) is 0 Å². The third-order valence-corrected chi connectivity index (χ3v) is 2.74. The summed E-state index contributed by atoms with van der Waals surface area (Å²) in [7, 11) is 0. The number of ether oxygens (including phenoxy) is 1. The minimum atomic E-state index is -0.389. The molecule has 0 atom stereocenters. The molecule has 1 aromatic rings. The van der Waals surface area contributed by atoms with Crippen LogP contribution in [0.3, 0.4) is 0 Å². The predicted molar refractivity (Wildman–Crippen MR) is 59.7 cm³/mol. The Morgan fingerprint density at radius 2 is 2.19 bits per heavy atom. The number of benzene rings is 1. The second kappa shape index (κ2) is 3.75. The molecule has 2 rings (SSSR count). The number of nitro groups is 1. The first-order valence-corrected chi connectivity index (χ1v) is 5.16. The van der Waals surface area contributed by atoms with Crippen LogP contribution in [-0.2, 0) is 0 Å². The second-order valence-electron chi connectivity index (χ2n) is 4.33. The Bertz CT molecular complexity index is 427. The van der Waals surface area contributed by atoms with Crippen LogP contribution in [0, 0.1) is 17.0 Å². The summed E-state index contributed by atoms with van der Waals surface area (Å²) in [4.78, 5) is 10.6. The highest BCUT2D eigenvalue weighted by Gasteiger charge is 2.36. The van der Waals surface area contributed by atoms with Gasteiger partial charge in [-0.15, -0.1) is 0 Å². The molecule has 0 saturated carbocycles. The van der Waals surface area contributed by atoms with Gasteiger partial charge in [0.25, 0.3) is 0 Å². The minimum absolute atomic E-state index is 0.0654. The first-order chi connectivity index (χ1) is 7.52. The van der Waals surface area contributed by atoms with Gasteiger partial charge >= 0.3 is 5.69 Å². The number of hydrogen-bond acceptors (Lipinski definition) is 4. The molecule has 0 bridgehead atoms. The first-order valence-electron chi connectivity index (χ1n) is 5.16. The summed E-state index contributed by atoms with van der Waals surface area (Å²) < 4.78 is 5.71.